The second-order valence-corrected chi connectivity index (χ2v) is 8.42. The molecule has 8 heteroatoms. The standard InChI is InChI=1S/C23H14BrNO6/c24-20-21(25-8-7-13(28)29)23(31)19-15-10-4-2-1-3-9(10)14(18(19)22(20)30)16-11(26)5-6-12(27)17(15)16/h1-6,14-15,25H,7-8H2,(H,28,29). The number of carboxylic acids is 1. The minimum absolute atomic E-state index is 0.000975. The van der Waals surface area contributed by atoms with Gasteiger partial charge in [-0.3, -0.25) is 24.0 Å². The number of hydrogen-bond donors (Lipinski definition) is 2. The number of halogens is 1. The molecule has 0 radical (unpaired) electrons. The molecular weight excluding hydrogens is 466 g/mol. The van der Waals surface area contributed by atoms with Gasteiger partial charge in [0.2, 0.25) is 5.78 Å². The van der Waals surface area contributed by atoms with Crippen molar-refractivity contribution in [2.24, 2.45) is 0 Å². The van der Waals surface area contributed by atoms with E-state index in [1.165, 1.54) is 12.2 Å². The first-order valence-corrected chi connectivity index (χ1v) is 10.4. The van der Waals surface area contributed by atoms with E-state index < -0.39 is 29.4 Å². The quantitative estimate of drug-likeness (QED) is 0.634. The highest BCUT2D eigenvalue weighted by Gasteiger charge is 2.54. The summed E-state index contributed by atoms with van der Waals surface area (Å²) >= 11 is 3.20. The van der Waals surface area contributed by atoms with Crippen LogP contribution in [-0.2, 0) is 24.0 Å². The summed E-state index contributed by atoms with van der Waals surface area (Å²) < 4.78 is -0.000975. The zero-order chi connectivity index (χ0) is 22.0. The van der Waals surface area contributed by atoms with Crippen LogP contribution in [0.3, 0.4) is 0 Å². The molecule has 0 spiro atoms. The van der Waals surface area contributed by atoms with Crippen molar-refractivity contribution in [1.82, 2.24) is 5.32 Å². The van der Waals surface area contributed by atoms with Crippen molar-refractivity contribution >= 4 is 45.0 Å². The molecule has 0 amide bonds. The zero-order valence-electron chi connectivity index (χ0n) is 15.9. The molecule has 1 aromatic rings. The fraction of sp³-hybridized carbons (Fsp3) is 0.174. The summed E-state index contributed by atoms with van der Waals surface area (Å²) in [5, 5.41) is 11.6. The van der Waals surface area contributed by atoms with Crippen LogP contribution in [0.2, 0.25) is 0 Å². The summed E-state index contributed by atoms with van der Waals surface area (Å²) in [4.78, 5) is 63.3. The Hall–Kier alpha value is -3.39. The first-order chi connectivity index (χ1) is 14.8. The molecule has 0 saturated carbocycles. The molecule has 154 valence electrons. The van der Waals surface area contributed by atoms with E-state index in [0.717, 1.165) is 11.1 Å². The highest BCUT2D eigenvalue weighted by atomic mass is 79.9. The van der Waals surface area contributed by atoms with Gasteiger partial charge in [-0.05, 0) is 39.2 Å². The summed E-state index contributed by atoms with van der Waals surface area (Å²) in [6, 6.07) is 7.20. The van der Waals surface area contributed by atoms with Gasteiger partial charge in [-0.25, -0.2) is 0 Å². The van der Waals surface area contributed by atoms with Gasteiger partial charge < -0.3 is 10.4 Å². The number of Topliss-reactive ketones (excluding diaryl/α,β-unsaturated/α-hetero) is 2. The van der Waals surface area contributed by atoms with E-state index in [-0.39, 0.29) is 57.0 Å². The van der Waals surface area contributed by atoms with Crippen LogP contribution in [0.4, 0.5) is 0 Å². The van der Waals surface area contributed by atoms with Crippen molar-refractivity contribution in [3.8, 4) is 0 Å². The SMILES string of the molecule is O=C(O)CCNC1=C(Br)C(=O)C2=C(C1=O)C1C3=C(C(=O)C=CC3=O)C2c2ccccc21. The van der Waals surface area contributed by atoms with E-state index in [4.69, 9.17) is 5.11 Å². The molecule has 2 N–H and O–H groups in total. The first-order valence-electron chi connectivity index (χ1n) is 9.61. The average molecular weight is 480 g/mol. The summed E-state index contributed by atoms with van der Waals surface area (Å²) in [5.74, 6) is -4.26. The number of nitrogens with one attached hydrogen (secondary N) is 1. The van der Waals surface area contributed by atoms with Crippen LogP contribution in [0, 0.1) is 0 Å². The van der Waals surface area contributed by atoms with E-state index in [9.17, 15) is 24.0 Å². The predicted octanol–water partition coefficient (Wildman–Crippen LogP) is 2.00. The van der Waals surface area contributed by atoms with Crippen LogP contribution in [0.5, 0.6) is 0 Å². The molecular formula is C23H14BrNO6. The fourth-order valence-electron chi connectivity index (χ4n) is 4.88. The number of benzene rings is 1. The number of allylic oxidation sites excluding steroid dienone is 7. The lowest BCUT2D eigenvalue weighted by Gasteiger charge is -2.44. The molecule has 31 heavy (non-hydrogen) atoms. The summed E-state index contributed by atoms with van der Waals surface area (Å²) in [7, 11) is 0. The summed E-state index contributed by atoms with van der Waals surface area (Å²) in [6.45, 7) is -0.0415. The maximum atomic E-state index is 13.5. The Kier molecular flexibility index (Phi) is 4.30. The van der Waals surface area contributed by atoms with E-state index in [0.29, 0.717) is 0 Å². The molecule has 5 aliphatic carbocycles. The van der Waals surface area contributed by atoms with Crippen molar-refractivity contribution in [2.75, 3.05) is 6.54 Å². The Morgan fingerprint density at radius 1 is 0.871 bits per heavy atom. The van der Waals surface area contributed by atoms with Gasteiger partial charge in [0, 0.05) is 40.7 Å². The maximum absolute atomic E-state index is 13.5. The normalized spacial score (nSPS) is 23.9. The lowest BCUT2D eigenvalue weighted by Crippen LogP contribution is -2.43. The van der Waals surface area contributed by atoms with Crippen LogP contribution in [0.25, 0.3) is 0 Å². The smallest absolute Gasteiger partial charge is 0.305 e. The van der Waals surface area contributed by atoms with Gasteiger partial charge in [-0.2, -0.15) is 0 Å². The van der Waals surface area contributed by atoms with Gasteiger partial charge in [0.25, 0.3) is 0 Å². The van der Waals surface area contributed by atoms with Crippen molar-refractivity contribution in [3.63, 3.8) is 0 Å². The number of carboxylic acid groups (broad SMARTS) is 1. The second-order valence-electron chi connectivity index (χ2n) is 7.63. The van der Waals surface area contributed by atoms with Gasteiger partial charge in [0.15, 0.2) is 17.3 Å². The van der Waals surface area contributed by atoms with Crippen LogP contribution in [0.15, 0.2) is 68.9 Å². The molecule has 2 unspecified atom stereocenters. The molecule has 2 atom stereocenters. The van der Waals surface area contributed by atoms with Gasteiger partial charge in [-0.15, -0.1) is 0 Å². The van der Waals surface area contributed by atoms with Gasteiger partial charge in [-0.1, -0.05) is 24.3 Å². The number of ketones is 4. The number of rotatable bonds is 4. The minimum atomic E-state index is -1.04. The van der Waals surface area contributed by atoms with Crippen LogP contribution in [0.1, 0.15) is 29.4 Å². The van der Waals surface area contributed by atoms with E-state index in [1.54, 1.807) is 18.2 Å². The zero-order valence-corrected chi connectivity index (χ0v) is 17.5. The van der Waals surface area contributed by atoms with E-state index >= 15 is 0 Å². The average Bonchev–Trinajstić information content (AvgIpc) is 2.76. The van der Waals surface area contributed by atoms with Crippen molar-refractivity contribution in [2.45, 2.75) is 18.3 Å². The summed E-state index contributed by atoms with van der Waals surface area (Å²) in [5.41, 5.74) is 2.35. The molecule has 0 fully saturated rings. The van der Waals surface area contributed by atoms with Crippen molar-refractivity contribution in [1.29, 1.82) is 0 Å². The molecule has 5 aliphatic rings. The van der Waals surface area contributed by atoms with Gasteiger partial charge in [0.1, 0.15) is 5.70 Å². The Morgan fingerprint density at radius 2 is 1.39 bits per heavy atom. The van der Waals surface area contributed by atoms with Gasteiger partial charge in [0.05, 0.1) is 10.9 Å². The molecule has 0 aliphatic heterocycles. The maximum Gasteiger partial charge on any atom is 0.305 e. The number of hydrogen-bond acceptors (Lipinski definition) is 6. The first kappa shape index (κ1) is 19.6. The predicted molar refractivity (Wildman–Crippen MR) is 111 cm³/mol. The monoisotopic (exact) mass is 479 g/mol. The molecule has 2 bridgehead atoms. The third-order valence-corrected chi connectivity index (χ3v) is 6.80. The molecule has 0 aromatic heterocycles. The molecule has 7 nitrogen and oxygen atoms in total. The Balaban J connectivity index is 1.68. The van der Waals surface area contributed by atoms with Crippen molar-refractivity contribution in [3.05, 3.63) is 80.0 Å². The second kappa shape index (κ2) is 6.81. The Morgan fingerprint density at radius 3 is 1.90 bits per heavy atom. The third kappa shape index (κ3) is 2.61. The lowest BCUT2D eigenvalue weighted by molar-refractivity contribution is -0.137. The molecule has 6 rings (SSSR count). The van der Waals surface area contributed by atoms with Crippen LogP contribution < -0.4 is 5.32 Å². The highest BCUT2D eigenvalue weighted by molar-refractivity contribution is 9.12. The van der Waals surface area contributed by atoms with Gasteiger partial charge >= 0.3 is 5.97 Å². The van der Waals surface area contributed by atoms with Crippen molar-refractivity contribution < 1.29 is 29.1 Å². The number of aliphatic carboxylic acids is 1. The topological polar surface area (TPSA) is 118 Å². The highest BCUT2D eigenvalue weighted by Crippen LogP contribution is 2.58. The van der Waals surface area contributed by atoms with E-state index in [2.05, 4.69) is 21.2 Å². The number of carbonyl (C=O) groups excluding carboxylic acids is 4. The Labute approximate surface area is 184 Å². The molecule has 0 saturated heterocycles. The van der Waals surface area contributed by atoms with Crippen LogP contribution in [-0.4, -0.2) is 40.8 Å². The largest absolute Gasteiger partial charge is 0.481 e. The third-order valence-electron chi connectivity index (χ3n) is 6.05. The molecule has 1 aromatic carbocycles. The minimum Gasteiger partial charge on any atom is -0.481 e. The fourth-order valence-corrected chi connectivity index (χ4v) is 5.41. The van der Waals surface area contributed by atoms with Crippen LogP contribution >= 0.6 is 15.9 Å². The number of carbonyl (C=O) groups is 5. The molecule has 0 heterocycles. The van der Waals surface area contributed by atoms with E-state index in [1.807, 2.05) is 6.07 Å². The lowest BCUT2D eigenvalue weighted by atomic mass is 9.56. The summed E-state index contributed by atoms with van der Waals surface area (Å²) in [6.07, 6.45) is 2.18. The Bertz CT molecular complexity index is 1280.